The maximum atomic E-state index is 10.4. The van der Waals surface area contributed by atoms with E-state index in [-0.39, 0.29) is 6.04 Å². The van der Waals surface area contributed by atoms with Crippen molar-refractivity contribution in [2.24, 2.45) is 12.8 Å². The van der Waals surface area contributed by atoms with E-state index in [0.29, 0.717) is 16.8 Å². The first kappa shape index (κ1) is 24.8. The van der Waals surface area contributed by atoms with Crippen molar-refractivity contribution in [1.82, 2.24) is 29.4 Å². The molecule has 0 aromatic carbocycles. The summed E-state index contributed by atoms with van der Waals surface area (Å²) >= 11 is 0. The lowest BCUT2D eigenvalue weighted by molar-refractivity contribution is -0.156. The average Bonchev–Trinajstić information content (AvgIpc) is 3.49. The molecule has 1 fully saturated rings. The van der Waals surface area contributed by atoms with Crippen LogP contribution in [-0.4, -0.2) is 61.0 Å². The van der Waals surface area contributed by atoms with Gasteiger partial charge in [0.05, 0.1) is 30.0 Å². The van der Waals surface area contributed by atoms with Gasteiger partial charge in [0.15, 0.2) is 0 Å². The Morgan fingerprint density at radius 1 is 1.17 bits per heavy atom. The molecule has 2 N–H and O–H groups in total. The van der Waals surface area contributed by atoms with Crippen molar-refractivity contribution in [3.63, 3.8) is 0 Å². The molecule has 1 saturated heterocycles. The summed E-state index contributed by atoms with van der Waals surface area (Å²) in [7, 11) is 1.86. The number of aldehydes is 1. The second kappa shape index (κ2) is 10.1. The Morgan fingerprint density at radius 2 is 1.94 bits per heavy atom. The number of hydrogen-bond acceptors (Lipinski definition) is 8. The predicted molar refractivity (Wildman–Crippen MR) is 125 cm³/mol. The van der Waals surface area contributed by atoms with Crippen LogP contribution in [0.2, 0.25) is 0 Å². The number of aryl methyl sites for hydroxylation is 1. The minimum absolute atomic E-state index is 0.183. The fourth-order valence-corrected chi connectivity index (χ4v) is 3.92. The summed E-state index contributed by atoms with van der Waals surface area (Å²) in [5.74, 6) is 0.905. The summed E-state index contributed by atoms with van der Waals surface area (Å²) in [5, 5.41) is 18.1. The number of carbonyl (C=O) groups excluding carboxylic acids is 1. The van der Waals surface area contributed by atoms with Crippen LogP contribution in [0.1, 0.15) is 18.4 Å². The second-order valence-electron chi connectivity index (χ2n) is 8.25. The van der Waals surface area contributed by atoms with Crippen molar-refractivity contribution in [3.05, 3.63) is 48.7 Å². The van der Waals surface area contributed by atoms with Crippen LogP contribution in [0, 0.1) is 11.3 Å². The number of alkyl halides is 3. The third-order valence-corrected chi connectivity index (χ3v) is 5.55. The number of hydrogen-bond donors (Lipinski definition) is 1. The number of halogens is 3. The number of nitrogens with two attached hydrogens (primary N) is 1. The van der Waals surface area contributed by atoms with Gasteiger partial charge in [0, 0.05) is 49.7 Å². The number of carbonyl (C=O) groups is 1. The van der Waals surface area contributed by atoms with E-state index in [0.717, 1.165) is 48.6 Å². The number of fused-ring (bicyclic) bond motifs is 1. The van der Waals surface area contributed by atoms with E-state index in [1.165, 1.54) is 0 Å². The van der Waals surface area contributed by atoms with Gasteiger partial charge in [-0.05, 0) is 25.0 Å². The van der Waals surface area contributed by atoms with Gasteiger partial charge in [-0.15, -0.1) is 0 Å². The third-order valence-electron chi connectivity index (χ3n) is 5.55. The largest absolute Gasteiger partial charge is 0.446 e. The zero-order valence-corrected chi connectivity index (χ0v) is 19.2. The fraction of sp³-hybridized carbons (Fsp3) is 0.304. The second-order valence-corrected chi connectivity index (χ2v) is 8.25. The molecule has 1 atom stereocenters. The number of nitrogens with zero attached hydrogens (tertiary/aromatic N) is 8. The topological polar surface area (TPSA) is 131 Å². The standard InChI is InChI=1S/C21H21N9.C2HF3O/c1-28-11-16(10-25-28)18-13-30-21(15(7-22)9-26-30)20(27-18)14-4-5-19(24-8-14)29-6-2-3-17(23)12-29;3-2(4,5)1-6/h4-5,8-11,13,17H,2-3,6,12,23H2,1H3;1H/t17-;/m1./s1. The van der Waals surface area contributed by atoms with Gasteiger partial charge in [0.2, 0.25) is 6.29 Å². The van der Waals surface area contributed by atoms with Crippen LogP contribution >= 0.6 is 0 Å². The molecule has 0 saturated carbocycles. The van der Waals surface area contributed by atoms with Crippen LogP contribution in [0.3, 0.4) is 0 Å². The number of anilines is 1. The number of piperidine rings is 1. The van der Waals surface area contributed by atoms with E-state index in [1.807, 2.05) is 31.6 Å². The summed E-state index contributed by atoms with van der Waals surface area (Å²) in [4.78, 5) is 20.4. The number of pyridine rings is 1. The van der Waals surface area contributed by atoms with E-state index in [1.54, 1.807) is 27.8 Å². The lowest BCUT2D eigenvalue weighted by Gasteiger charge is -2.31. The number of aromatic nitrogens is 6. The molecular weight excluding hydrogens is 475 g/mol. The van der Waals surface area contributed by atoms with Gasteiger partial charge < -0.3 is 10.6 Å². The summed E-state index contributed by atoms with van der Waals surface area (Å²) in [5.41, 5.74) is 10.3. The molecule has 0 bridgehead atoms. The normalized spacial score (nSPS) is 15.8. The van der Waals surface area contributed by atoms with Crippen molar-refractivity contribution in [2.45, 2.75) is 25.1 Å². The minimum atomic E-state index is -4.64. The molecule has 10 nitrogen and oxygen atoms in total. The van der Waals surface area contributed by atoms with E-state index >= 15 is 0 Å². The molecule has 0 unspecified atom stereocenters. The summed E-state index contributed by atoms with van der Waals surface area (Å²) < 4.78 is 34.7. The van der Waals surface area contributed by atoms with E-state index in [4.69, 9.17) is 15.5 Å². The molecular formula is C23H22F3N9O. The molecule has 1 aliphatic heterocycles. The SMILES string of the molecule is Cn1cc(-c2cn3ncc(C#N)c3c(-c3ccc(N4CCC[C@@H](N)C4)nc3)n2)cn1.O=CC(F)(F)F. The highest BCUT2D eigenvalue weighted by Gasteiger charge is 2.25. The first-order valence-electron chi connectivity index (χ1n) is 11.0. The third kappa shape index (κ3) is 5.49. The van der Waals surface area contributed by atoms with Crippen molar-refractivity contribution < 1.29 is 18.0 Å². The molecule has 4 aromatic rings. The van der Waals surface area contributed by atoms with Gasteiger partial charge in [-0.25, -0.2) is 14.5 Å². The summed E-state index contributed by atoms with van der Waals surface area (Å²) in [6, 6.07) is 6.37. The molecule has 0 radical (unpaired) electrons. The van der Waals surface area contributed by atoms with Crippen LogP contribution in [0.15, 0.2) is 43.1 Å². The first-order valence-corrected chi connectivity index (χ1v) is 11.0. The lowest BCUT2D eigenvalue weighted by atomic mass is 10.1. The Balaban J connectivity index is 0.000000455. The highest BCUT2D eigenvalue weighted by Crippen LogP contribution is 2.29. The Hall–Kier alpha value is -4.31. The van der Waals surface area contributed by atoms with Gasteiger partial charge in [0.25, 0.3) is 0 Å². The molecule has 5 rings (SSSR count). The summed E-state index contributed by atoms with van der Waals surface area (Å²) in [6.45, 7) is 1.77. The van der Waals surface area contributed by atoms with Crippen LogP contribution in [-0.2, 0) is 11.8 Å². The Bertz CT molecular complexity index is 1400. The van der Waals surface area contributed by atoms with Gasteiger partial charge in [-0.3, -0.25) is 9.48 Å². The van der Waals surface area contributed by atoms with Crippen LogP contribution in [0.5, 0.6) is 0 Å². The zero-order valence-electron chi connectivity index (χ0n) is 19.2. The van der Waals surface area contributed by atoms with Crippen molar-refractivity contribution in [1.29, 1.82) is 5.26 Å². The molecule has 0 spiro atoms. The molecule has 5 heterocycles. The van der Waals surface area contributed by atoms with Crippen LogP contribution in [0.4, 0.5) is 19.0 Å². The fourth-order valence-electron chi connectivity index (χ4n) is 3.92. The van der Waals surface area contributed by atoms with E-state index in [2.05, 4.69) is 26.2 Å². The maximum absolute atomic E-state index is 10.4. The average molecular weight is 497 g/mol. The molecule has 13 heteroatoms. The van der Waals surface area contributed by atoms with Gasteiger partial charge in [-0.2, -0.15) is 28.6 Å². The number of nitriles is 1. The Morgan fingerprint density at radius 3 is 2.53 bits per heavy atom. The summed E-state index contributed by atoms with van der Waals surface area (Å²) in [6.07, 6.45) is 5.25. The van der Waals surface area contributed by atoms with Gasteiger partial charge >= 0.3 is 6.18 Å². The Kier molecular flexibility index (Phi) is 6.98. The Labute approximate surface area is 203 Å². The highest BCUT2D eigenvalue weighted by atomic mass is 19.4. The molecule has 186 valence electrons. The van der Waals surface area contributed by atoms with Gasteiger partial charge in [-0.1, -0.05) is 0 Å². The predicted octanol–water partition coefficient (Wildman–Crippen LogP) is 2.74. The lowest BCUT2D eigenvalue weighted by Crippen LogP contribution is -2.43. The molecule has 0 aliphatic carbocycles. The van der Waals surface area contributed by atoms with Crippen molar-refractivity contribution in [2.75, 3.05) is 18.0 Å². The smallest absolute Gasteiger partial charge is 0.355 e. The van der Waals surface area contributed by atoms with Crippen molar-refractivity contribution >= 4 is 17.6 Å². The quantitative estimate of drug-likeness (QED) is 0.428. The maximum Gasteiger partial charge on any atom is 0.446 e. The van der Waals surface area contributed by atoms with Gasteiger partial charge in [0.1, 0.15) is 23.0 Å². The van der Waals surface area contributed by atoms with E-state index in [9.17, 15) is 18.4 Å². The molecule has 36 heavy (non-hydrogen) atoms. The monoisotopic (exact) mass is 497 g/mol. The highest BCUT2D eigenvalue weighted by molar-refractivity contribution is 5.83. The van der Waals surface area contributed by atoms with Crippen LogP contribution in [0.25, 0.3) is 28.0 Å². The number of rotatable bonds is 3. The zero-order chi connectivity index (χ0) is 25.9. The van der Waals surface area contributed by atoms with Crippen molar-refractivity contribution in [3.8, 4) is 28.6 Å². The molecule has 0 amide bonds. The molecule has 1 aliphatic rings. The van der Waals surface area contributed by atoms with Crippen LogP contribution < -0.4 is 10.6 Å². The first-order chi connectivity index (χ1) is 17.2. The molecule has 4 aromatic heterocycles. The minimum Gasteiger partial charge on any atom is -0.355 e. The van der Waals surface area contributed by atoms with E-state index < -0.39 is 12.5 Å².